The molecule has 0 saturated carbocycles. The summed E-state index contributed by atoms with van der Waals surface area (Å²) in [6, 6.07) is 9.52. The number of hydrogen-bond acceptors (Lipinski definition) is 12. The van der Waals surface area contributed by atoms with Gasteiger partial charge in [-0.15, -0.1) is 0 Å². The number of nitrogens with zero attached hydrogens (tertiary/aromatic N) is 6. The number of hydrazine groups is 1. The van der Waals surface area contributed by atoms with Gasteiger partial charge in [0, 0.05) is 64.6 Å². The summed E-state index contributed by atoms with van der Waals surface area (Å²) in [4.78, 5) is 37.5. The number of sulfonamides is 1. The molecular weight excluding hydrogens is 707 g/mol. The summed E-state index contributed by atoms with van der Waals surface area (Å²) in [5.74, 6) is -0.832. The van der Waals surface area contributed by atoms with E-state index in [9.17, 15) is 31.2 Å². The molecule has 2 aromatic carbocycles. The number of halogens is 3. The molecule has 0 atom stereocenters. The van der Waals surface area contributed by atoms with Crippen molar-refractivity contribution in [3.63, 3.8) is 0 Å². The minimum atomic E-state index is -4.79. The van der Waals surface area contributed by atoms with Gasteiger partial charge in [-0.2, -0.15) is 18.2 Å². The number of ether oxygens (including phenoxy) is 2. The second kappa shape index (κ2) is 16.3. The van der Waals surface area contributed by atoms with Crippen LogP contribution in [0.2, 0.25) is 0 Å². The number of amides is 2. The molecule has 5 rings (SSSR count). The number of aryl methyl sites for hydroxylation is 1. The molecule has 3 heterocycles. The molecule has 3 aromatic rings. The molecule has 52 heavy (non-hydrogen) atoms. The zero-order valence-corrected chi connectivity index (χ0v) is 30.1. The van der Waals surface area contributed by atoms with Crippen LogP contribution in [0.15, 0.2) is 42.6 Å². The van der Waals surface area contributed by atoms with Crippen molar-refractivity contribution in [2.75, 3.05) is 94.4 Å². The van der Waals surface area contributed by atoms with Crippen LogP contribution in [0.4, 0.5) is 36.3 Å². The van der Waals surface area contributed by atoms with Crippen LogP contribution >= 0.6 is 0 Å². The molecular formula is C33H42F3N9O6S. The van der Waals surface area contributed by atoms with Crippen LogP contribution in [0.5, 0.6) is 5.75 Å². The second-order valence-corrected chi connectivity index (χ2v) is 14.4. The van der Waals surface area contributed by atoms with Crippen molar-refractivity contribution in [3.05, 3.63) is 64.8 Å². The topological polar surface area (TPSA) is 162 Å². The second-order valence-electron chi connectivity index (χ2n) is 12.4. The molecule has 0 bridgehead atoms. The Kier molecular flexibility index (Phi) is 12.1. The standard InChI is InChI=1S/C33H42F3N9O6S/c1-22-5-6-24(27(17-22)42(2)52(4,48)49)19-37-30-25(33(34,35)36)20-38-32(40-30)39-26-8-7-23(18-28(26)50-3)31(47)41-45-11-9-43(10-12-45)21-29(46)44-13-15-51-16-14-44/h5-8,17-18,20H,9-16,19,21H2,1-4H3,(H,41,47)(H2,37,38,39,40). The summed E-state index contributed by atoms with van der Waals surface area (Å²) in [6.45, 7) is 6.38. The summed E-state index contributed by atoms with van der Waals surface area (Å²) >= 11 is 0. The van der Waals surface area contributed by atoms with Gasteiger partial charge in [0.2, 0.25) is 21.9 Å². The van der Waals surface area contributed by atoms with E-state index in [1.54, 1.807) is 35.0 Å². The number of benzene rings is 2. The number of anilines is 4. The van der Waals surface area contributed by atoms with Gasteiger partial charge in [0.05, 0.1) is 44.5 Å². The van der Waals surface area contributed by atoms with Crippen molar-refractivity contribution in [3.8, 4) is 5.75 Å². The number of aromatic nitrogens is 2. The average molecular weight is 750 g/mol. The number of hydrogen-bond donors (Lipinski definition) is 3. The number of methoxy groups -OCH3 is 1. The first-order valence-electron chi connectivity index (χ1n) is 16.4. The molecule has 2 aliphatic heterocycles. The van der Waals surface area contributed by atoms with Crippen LogP contribution in [0.25, 0.3) is 0 Å². The first kappa shape index (κ1) is 38.5. The Morgan fingerprint density at radius 3 is 2.40 bits per heavy atom. The molecule has 1 aromatic heterocycles. The van der Waals surface area contributed by atoms with Gasteiger partial charge in [0.1, 0.15) is 17.1 Å². The number of piperazine rings is 1. The molecule has 2 saturated heterocycles. The highest BCUT2D eigenvalue weighted by Crippen LogP contribution is 2.36. The van der Waals surface area contributed by atoms with Crippen molar-refractivity contribution < 1.29 is 40.7 Å². The highest BCUT2D eigenvalue weighted by Gasteiger charge is 2.35. The van der Waals surface area contributed by atoms with E-state index in [0.29, 0.717) is 82.2 Å². The van der Waals surface area contributed by atoms with E-state index >= 15 is 0 Å². The molecule has 2 amide bonds. The highest BCUT2D eigenvalue weighted by molar-refractivity contribution is 7.92. The van der Waals surface area contributed by atoms with Crippen LogP contribution in [0.1, 0.15) is 27.0 Å². The van der Waals surface area contributed by atoms with Crippen molar-refractivity contribution >= 4 is 45.0 Å². The fourth-order valence-corrected chi connectivity index (χ4v) is 6.17. The predicted octanol–water partition coefficient (Wildman–Crippen LogP) is 2.69. The van der Waals surface area contributed by atoms with Crippen molar-refractivity contribution in [2.24, 2.45) is 0 Å². The predicted molar refractivity (Wildman–Crippen MR) is 188 cm³/mol. The first-order chi connectivity index (χ1) is 24.6. The maximum atomic E-state index is 14.0. The summed E-state index contributed by atoms with van der Waals surface area (Å²) in [6.07, 6.45) is -3.12. The fraction of sp³-hybridized carbons (Fsp3) is 0.455. The highest BCUT2D eigenvalue weighted by atomic mass is 32.2. The Morgan fingerprint density at radius 2 is 1.75 bits per heavy atom. The molecule has 19 heteroatoms. The smallest absolute Gasteiger partial charge is 0.421 e. The lowest BCUT2D eigenvalue weighted by Crippen LogP contribution is -2.55. The third kappa shape index (κ3) is 9.78. The van der Waals surface area contributed by atoms with Crippen molar-refractivity contribution in [1.82, 2.24) is 30.2 Å². The molecule has 0 spiro atoms. The van der Waals surface area contributed by atoms with E-state index < -0.39 is 33.5 Å². The normalized spacial score (nSPS) is 15.9. The molecule has 2 aliphatic rings. The zero-order chi connectivity index (χ0) is 37.6. The Labute approximate surface area is 300 Å². The third-order valence-corrected chi connectivity index (χ3v) is 9.87. The number of morpholine rings is 1. The monoisotopic (exact) mass is 749 g/mol. The molecule has 0 unspecified atom stereocenters. The molecule has 15 nitrogen and oxygen atoms in total. The van der Waals surface area contributed by atoms with Gasteiger partial charge in [-0.3, -0.25) is 24.2 Å². The number of carbonyl (C=O) groups is 2. The largest absolute Gasteiger partial charge is 0.495 e. The fourth-order valence-electron chi connectivity index (χ4n) is 5.64. The quantitative estimate of drug-likeness (QED) is 0.249. The van der Waals surface area contributed by atoms with E-state index in [2.05, 4.69) is 26.0 Å². The Morgan fingerprint density at radius 1 is 1.04 bits per heavy atom. The maximum Gasteiger partial charge on any atom is 0.421 e. The van der Waals surface area contributed by atoms with Gasteiger partial charge < -0.3 is 25.0 Å². The van der Waals surface area contributed by atoms with Gasteiger partial charge in [0.25, 0.3) is 5.91 Å². The van der Waals surface area contributed by atoms with Crippen molar-refractivity contribution in [2.45, 2.75) is 19.6 Å². The van der Waals surface area contributed by atoms with Crippen LogP contribution in [-0.2, 0) is 32.3 Å². The number of nitrogens with one attached hydrogen (secondary N) is 3. The van der Waals surface area contributed by atoms with Gasteiger partial charge in [0.15, 0.2) is 0 Å². The van der Waals surface area contributed by atoms with E-state index in [1.807, 2.05) is 4.90 Å². The van der Waals surface area contributed by atoms with Crippen LogP contribution in [0.3, 0.4) is 0 Å². The lowest BCUT2D eigenvalue weighted by molar-refractivity contribution is -0.138. The number of rotatable bonds is 12. The van der Waals surface area contributed by atoms with Gasteiger partial charge in [-0.25, -0.2) is 18.4 Å². The average Bonchev–Trinajstić information content (AvgIpc) is 3.11. The van der Waals surface area contributed by atoms with Crippen LogP contribution in [-0.4, -0.2) is 124 Å². The minimum absolute atomic E-state index is 0.0616. The molecule has 0 radical (unpaired) electrons. The minimum Gasteiger partial charge on any atom is -0.495 e. The zero-order valence-electron chi connectivity index (χ0n) is 29.3. The summed E-state index contributed by atoms with van der Waals surface area (Å²) < 4.78 is 78.3. The van der Waals surface area contributed by atoms with E-state index in [4.69, 9.17) is 9.47 Å². The van der Waals surface area contributed by atoms with Gasteiger partial charge >= 0.3 is 6.18 Å². The molecule has 0 aliphatic carbocycles. The molecule has 2 fully saturated rings. The number of carbonyl (C=O) groups excluding carboxylic acids is 2. The van der Waals surface area contributed by atoms with E-state index in [1.165, 1.54) is 32.4 Å². The lowest BCUT2D eigenvalue weighted by atomic mass is 10.1. The van der Waals surface area contributed by atoms with E-state index in [-0.39, 0.29) is 29.7 Å². The van der Waals surface area contributed by atoms with Gasteiger partial charge in [-0.05, 0) is 42.3 Å². The van der Waals surface area contributed by atoms with Gasteiger partial charge in [-0.1, -0.05) is 12.1 Å². The third-order valence-electron chi connectivity index (χ3n) is 8.68. The van der Waals surface area contributed by atoms with Crippen molar-refractivity contribution in [1.29, 1.82) is 0 Å². The molecule has 282 valence electrons. The SMILES string of the molecule is COc1cc(C(=O)NN2CCN(CC(=O)N3CCOCC3)CC2)ccc1Nc1ncc(C(F)(F)F)c(NCc2ccc(C)cc2N(C)S(C)(=O)=O)n1. The first-order valence-corrected chi connectivity index (χ1v) is 18.3. The Bertz CT molecular complexity index is 1870. The van der Waals surface area contributed by atoms with Crippen LogP contribution < -0.4 is 25.1 Å². The lowest BCUT2D eigenvalue weighted by Gasteiger charge is -2.36. The Hall–Kier alpha value is -4.72. The van der Waals surface area contributed by atoms with Crippen LogP contribution in [0, 0.1) is 6.92 Å². The van der Waals surface area contributed by atoms with E-state index in [0.717, 1.165) is 16.1 Å². The Balaban J connectivity index is 1.24. The summed E-state index contributed by atoms with van der Waals surface area (Å²) in [7, 11) is -0.902. The summed E-state index contributed by atoms with van der Waals surface area (Å²) in [5.41, 5.74) is 3.82. The molecule has 3 N–H and O–H groups in total. The number of alkyl halides is 3. The maximum absolute atomic E-state index is 14.0. The summed E-state index contributed by atoms with van der Waals surface area (Å²) in [5, 5.41) is 7.34.